The van der Waals surface area contributed by atoms with Gasteiger partial charge in [-0.3, -0.25) is 4.99 Å². The molecule has 0 aliphatic carbocycles. The van der Waals surface area contributed by atoms with Gasteiger partial charge in [0.25, 0.3) is 0 Å². The molecule has 6 nitrogen and oxygen atoms in total. The molecule has 2 N–H and O–H groups in total. The lowest BCUT2D eigenvalue weighted by Crippen LogP contribution is -2.40. The zero-order valence-corrected chi connectivity index (χ0v) is 19.1. The molecule has 0 radical (unpaired) electrons. The number of nitrogens with zero attached hydrogens (tertiary/aromatic N) is 2. The number of aliphatic imine (C=N–C) groups is 1. The predicted molar refractivity (Wildman–Crippen MR) is 114 cm³/mol. The van der Waals surface area contributed by atoms with Gasteiger partial charge in [-0.15, -0.1) is 35.3 Å². The Hall–Kier alpha value is -1.48. The SMILES string of the molecule is CN=C(NCCc1nc(C(F)(F)F)cs1)NCCS(=O)(=O)c1ccccc1F.I. The Balaban J connectivity index is 0.00000420. The molecule has 0 unspecified atom stereocenters. The van der Waals surface area contributed by atoms with Crippen molar-refractivity contribution in [3.05, 3.63) is 46.2 Å². The number of aromatic nitrogens is 1. The monoisotopic (exact) mass is 566 g/mol. The van der Waals surface area contributed by atoms with Crippen LogP contribution in [0.1, 0.15) is 10.7 Å². The Labute approximate surface area is 186 Å². The van der Waals surface area contributed by atoms with Crippen LogP contribution < -0.4 is 10.6 Å². The van der Waals surface area contributed by atoms with Crippen molar-refractivity contribution in [1.29, 1.82) is 0 Å². The van der Waals surface area contributed by atoms with Crippen molar-refractivity contribution in [2.45, 2.75) is 17.5 Å². The summed E-state index contributed by atoms with van der Waals surface area (Å²) in [5.41, 5.74) is -0.923. The molecule has 29 heavy (non-hydrogen) atoms. The average molecular weight is 566 g/mol. The maximum atomic E-state index is 13.6. The summed E-state index contributed by atoms with van der Waals surface area (Å²) in [4.78, 5) is 7.05. The zero-order chi connectivity index (χ0) is 20.8. The molecule has 13 heteroatoms. The van der Waals surface area contributed by atoms with Crippen molar-refractivity contribution in [2.24, 2.45) is 4.99 Å². The van der Waals surface area contributed by atoms with E-state index in [9.17, 15) is 26.0 Å². The number of halogens is 5. The van der Waals surface area contributed by atoms with Gasteiger partial charge in [0.05, 0.1) is 10.8 Å². The number of sulfone groups is 1. The Kier molecular flexibility index (Phi) is 9.75. The first-order valence-corrected chi connectivity index (χ1v) is 10.6. The van der Waals surface area contributed by atoms with Crippen LogP contribution in [0, 0.1) is 5.82 Å². The molecule has 0 bridgehead atoms. The second-order valence-electron chi connectivity index (χ2n) is 5.55. The largest absolute Gasteiger partial charge is 0.434 e. The fourth-order valence-electron chi connectivity index (χ4n) is 2.18. The van der Waals surface area contributed by atoms with E-state index in [2.05, 4.69) is 20.6 Å². The van der Waals surface area contributed by atoms with Crippen LogP contribution in [0.5, 0.6) is 0 Å². The van der Waals surface area contributed by atoms with Crippen molar-refractivity contribution in [2.75, 3.05) is 25.9 Å². The topological polar surface area (TPSA) is 83.4 Å². The van der Waals surface area contributed by atoms with Crippen molar-refractivity contribution >= 4 is 51.1 Å². The highest BCUT2D eigenvalue weighted by molar-refractivity contribution is 14.0. The molecule has 0 aliphatic rings. The molecule has 0 spiro atoms. The van der Waals surface area contributed by atoms with Gasteiger partial charge in [0.15, 0.2) is 21.5 Å². The normalized spacial score (nSPS) is 12.4. The third-order valence-electron chi connectivity index (χ3n) is 3.53. The predicted octanol–water partition coefficient (Wildman–Crippen LogP) is 3.10. The fraction of sp³-hybridized carbons (Fsp3) is 0.375. The van der Waals surface area contributed by atoms with Gasteiger partial charge in [0.1, 0.15) is 10.7 Å². The lowest BCUT2D eigenvalue weighted by atomic mass is 10.3. The Morgan fingerprint density at radius 2 is 1.86 bits per heavy atom. The summed E-state index contributed by atoms with van der Waals surface area (Å²) < 4.78 is 75.5. The second-order valence-corrected chi connectivity index (χ2v) is 8.57. The summed E-state index contributed by atoms with van der Waals surface area (Å²) in [6.45, 7) is 0.233. The number of rotatable bonds is 7. The summed E-state index contributed by atoms with van der Waals surface area (Å²) >= 11 is 0.910. The molecule has 2 rings (SSSR count). The first-order chi connectivity index (χ1) is 13.1. The van der Waals surface area contributed by atoms with Crippen LogP contribution in [-0.2, 0) is 22.4 Å². The molecule has 0 fully saturated rings. The van der Waals surface area contributed by atoms with Crippen LogP contribution in [-0.4, -0.2) is 45.3 Å². The first kappa shape index (κ1) is 25.6. The summed E-state index contributed by atoms with van der Waals surface area (Å²) in [5.74, 6) is -0.890. The van der Waals surface area contributed by atoms with Gasteiger partial charge in [-0.25, -0.2) is 17.8 Å². The minimum Gasteiger partial charge on any atom is -0.356 e. The molecule has 162 valence electrons. The van der Waals surface area contributed by atoms with Gasteiger partial charge in [-0.2, -0.15) is 13.2 Å². The Morgan fingerprint density at radius 3 is 2.45 bits per heavy atom. The fourth-order valence-corrected chi connectivity index (χ4v) is 4.22. The van der Waals surface area contributed by atoms with Crippen LogP contribution in [0.2, 0.25) is 0 Å². The number of nitrogens with one attached hydrogen (secondary N) is 2. The third kappa shape index (κ3) is 7.70. The maximum absolute atomic E-state index is 13.6. The molecule has 1 aromatic carbocycles. The first-order valence-electron chi connectivity index (χ1n) is 8.07. The van der Waals surface area contributed by atoms with E-state index in [1.165, 1.54) is 25.2 Å². The maximum Gasteiger partial charge on any atom is 0.434 e. The van der Waals surface area contributed by atoms with Gasteiger partial charge >= 0.3 is 6.18 Å². The quantitative estimate of drug-likeness (QED) is 0.233. The van der Waals surface area contributed by atoms with Crippen LogP contribution in [0.25, 0.3) is 0 Å². The number of benzene rings is 1. The molecule has 2 aromatic rings. The third-order valence-corrected chi connectivity index (χ3v) is 6.18. The van der Waals surface area contributed by atoms with Gasteiger partial charge in [-0.05, 0) is 12.1 Å². The highest BCUT2D eigenvalue weighted by Gasteiger charge is 2.33. The number of hydrogen-bond donors (Lipinski definition) is 2. The van der Waals surface area contributed by atoms with E-state index in [-0.39, 0.29) is 60.1 Å². The lowest BCUT2D eigenvalue weighted by molar-refractivity contribution is -0.140. The number of thiazole rings is 1. The molecule has 0 saturated heterocycles. The zero-order valence-electron chi connectivity index (χ0n) is 15.2. The highest BCUT2D eigenvalue weighted by Crippen LogP contribution is 2.30. The minimum atomic E-state index is -4.47. The Morgan fingerprint density at radius 1 is 1.21 bits per heavy atom. The average Bonchev–Trinajstić information content (AvgIpc) is 3.10. The Bertz CT molecular complexity index is 933. The van der Waals surface area contributed by atoms with Crippen LogP contribution in [0.3, 0.4) is 0 Å². The smallest absolute Gasteiger partial charge is 0.356 e. The standard InChI is InChI=1S/C16H18F4N4O2S2.HI/c1-21-15(22-7-6-14-24-13(10-27-14)16(18,19)20)23-8-9-28(25,26)12-5-3-2-4-11(12)17;/h2-5,10H,6-9H2,1H3,(H2,21,22,23);1H. The summed E-state index contributed by atoms with van der Waals surface area (Å²) in [7, 11) is -2.34. The van der Waals surface area contributed by atoms with Gasteiger partial charge in [-0.1, -0.05) is 12.1 Å². The molecular weight excluding hydrogens is 547 g/mol. The van der Waals surface area contributed by atoms with Crippen LogP contribution in [0.4, 0.5) is 17.6 Å². The molecule has 0 aliphatic heterocycles. The van der Waals surface area contributed by atoms with E-state index < -0.39 is 27.5 Å². The highest BCUT2D eigenvalue weighted by atomic mass is 127. The molecule has 1 heterocycles. The molecule has 0 amide bonds. The molecule has 0 saturated carbocycles. The van der Waals surface area contributed by atoms with E-state index in [0.29, 0.717) is 5.01 Å². The number of hydrogen-bond acceptors (Lipinski definition) is 5. The van der Waals surface area contributed by atoms with E-state index in [0.717, 1.165) is 22.8 Å². The minimum absolute atomic E-state index is 0. The van der Waals surface area contributed by atoms with E-state index >= 15 is 0 Å². The van der Waals surface area contributed by atoms with Gasteiger partial charge < -0.3 is 10.6 Å². The van der Waals surface area contributed by atoms with Crippen molar-refractivity contribution in [1.82, 2.24) is 15.6 Å². The summed E-state index contributed by atoms with van der Waals surface area (Å²) in [6, 6.07) is 5.11. The second kappa shape index (κ2) is 11.1. The van der Waals surface area contributed by atoms with E-state index in [1.54, 1.807) is 0 Å². The molecular formula is C16H19F4IN4O2S2. The summed E-state index contributed by atoms with van der Waals surface area (Å²) in [6.07, 6.45) is -4.22. The molecule has 0 atom stereocenters. The van der Waals surface area contributed by atoms with Crippen LogP contribution >= 0.6 is 35.3 Å². The summed E-state index contributed by atoms with van der Waals surface area (Å²) in [5, 5.41) is 6.90. The van der Waals surface area contributed by atoms with Gasteiger partial charge in [0.2, 0.25) is 0 Å². The van der Waals surface area contributed by atoms with Gasteiger partial charge in [0, 0.05) is 31.9 Å². The lowest BCUT2D eigenvalue weighted by Gasteiger charge is -2.12. The van der Waals surface area contributed by atoms with E-state index in [1.807, 2.05) is 0 Å². The van der Waals surface area contributed by atoms with Crippen molar-refractivity contribution in [3.8, 4) is 0 Å². The molecule has 1 aromatic heterocycles. The van der Waals surface area contributed by atoms with Crippen molar-refractivity contribution < 1.29 is 26.0 Å². The van der Waals surface area contributed by atoms with E-state index in [4.69, 9.17) is 0 Å². The number of alkyl halides is 3. The number of guanidine groups is 1. The van der Waals surface area contributed by atoms with Crippen molar-refractivity contribution in [3.63, 3.8) is 0 Å². The van der Waals surface area contributed by atoms with Crippen LogP contribution in [0.15, 0.2) is 39.5 Å².